The normalized spacial score (nSPS) is 15.5. The van der Waals surface area contributed by atoms with Crippen molar-refractivity contribution in [3.8, 4) is 11.5 Å². The van der Waals surface area contributed by atoms with E-state index in [1.807, 2.05) is 0 Å². The van der Waals surface area contributed by atoms with E-state index in [1.165, 1.54) is 37.6 Å². The molecule has 1 aliphatic rings. The molecular weight excluding hydrogens is 380 g/mol. The Balaban J connectivity index is 2.00. The molecule has 150 valence electrons. The fourth-order valence-corrected chi connectivity index (χ4v) is 4.79. The Morgan fingerprint density at radius 1 is 1.14 bits per heavy atom. The number of nitrogens with one attached hydrogen (secondary N) is 2. The maximum absolute atomic E-state index is 13.0. The summed E-state index contributed by atoms with van der Waals surface area (Å²) in [6.45, 7) is 4.96. The van der Waals surface area contributed by atoms with Gasteiger partial charge in [-0.1, -0.05) is 6.07 Å². The van der Waals surface area contributed by atoms with Crippen LogP contribution in [0.15, 0.2) is 18.2 Å². The van der Waals surface area contributed by atoms with E-state index in [2.05, 4.69) is 12.2 Å². The van der Waals surface area contributed by atoms with Gasteiger partial charge in [0.2, 0.25) is 0 Å². The summed E-state index contributed by atoms with van der Waals surface area (Å²) in [5, 5.41) is 3.40. The predicted octanol–water partition coefficient (Wildman–Crippen LogP) is 1.77. The molecule has 28 heavy (non-hydrogen) atoms. The Kier molecular flexibility index (Phi) is 6.21. The first-order valence-corrected chi connectivity index (χ1v) is 9.94. The van der Waals surface area contributed by atoms with Gasteiger partial charge in [-0.2, -0.15) is 0 Å². The van der Waals surface area contributed by atoms with Crippen LogP contribution in [0.3, 0.4) is 0 Å². The molecule has 1 aromatic carbocycles. The molecular formula is C20H25N2O5S+. The molecule has 2 heterocycles. The van der Waals surface area contributed by atoms with Gasteiger partial charge in [0.1, 0.15) is 28.6 Å². The zero-order valence-corrected chi connectivity index (χ0v) is 17.3. The van der Waals surface area contributed by atoms with Gasteiger partial charge in [0.25, 0.3) is 5.91 Å². The van der Waals surface area contributed by atoms with Crippen LogP contribution in [0.1, 0.15) is 38.1 Å². The number of hydrogen-bond donors (Lipinski definition) is 2. The Labute approximate surface area is 168 Å². The number of hydrogen-bond acceptors (Lipinski definition) is 6. The van der Waals surface area contributed by atoms with Gasteiger partial charge in [0, 0.05) is 6.42 Å². The van der Waals surface area contributed by atoms with E-state index < -0.39 is 11.9 Å². The van der Waals surface area contributed by atoms with Gasteiger partial charge in [0.05, 0.1) is 44.9 Å². The maximum Gasteiger partial charge on any atom is 0.341 e. The van der Waals surface area contributed by atoms with Crippen molar-refractivity contribution in [2.24, 2.45) is 0 Å². The first-order chi connectivity index (χ1) is 13.5. The lowest BCUT2D eigenvalue weighted by atomic mass is 10.0. The third-order valence-electron chi connectivity index (χ3n) is 5.00. The second-order valence-corrected chi connectivity index (χ2v) is 7.58. The van der Waals surface area contributed by atoms with Crippen LogP contribution in [-0.4, -0.2) is 46.3 Å². The molecule has 0 fully saturated rings. The third kappa shape index (κ3) is 3.70. The number of ether oxygens (including phenoxy) is 3. The quantitative estimate of drug-likeness (QED) is 0.716. The molecule has 1 aromatic heterocycles. The van der Waals surface area contributed by atoms with Gasteiger partial charge in [-0.15, -0.1) is 11.3 Å². The molecule has 0 saturated heterocycles. The molecule has 1 unspecified atom stereocenters. The summed E-state index contributed by atoms with van der Waals surface area (Å²) in [5.41, 5.74) is 1.73. The summed E-state index contributed by atoms with van der Waals surface area (Å²) in [7, 11) is 4.35. The van der Waals surface area contributed by atoms with Crippen LogP contribution in [0.4, 0.5) is 5.00 Å². The van der Waals surface area contributed by atoms with Gasteiger partial charge in [0.15, 0.2) is 0 Å². The lowest BCUT2D eigenvalue weighted by molar-refractivity contribution is -0.913. The number of quaternary nitrogens is 1. The highest BCUT2D eigenvalue weighted by Crippen LogP contribution is 2.37. The van der Waals surface area contributed by atoms with Crippen molar-refractivity contribution in [1.29, 1.82) is 0 Å². The number of fused-ring (bicyclic) bond motifs is 1. The average molecular weight is 405 g/mol. The second kappa shape index (κ2) is 8.62. The Hall–Kier alpha value is -2.58. The standard InChI is InChI=1S/C20H24N2O5S/c1-5-22-10-9-12-15(11-22)28-19(16(12)20(24)27-4)21-18(23)17-13(25-2)7-6-8-14(17)26-3/h6-8H,5,9-11H2,1-4H3,(H,21,23)/p+1. The summed E-state index contributed by atoms with van der Waals surface area (Å²) in [6, 6.07) is 5.14. The minimum Gasteiger partial charge on any atom is -0.496 e. The smallest absolute Gasteiger partial charge is 0.341 e. The molecule has 0 saturated carbocycles. The molecule has 2 aromatic rings. The molecule has 0 spiro atoms. The SMILES string of the molecule is CC[NH+]1CCc2c(sc(NC(=O)c3c(OC)cccc3OC)c2C(=O)OC)C1. The Morgan fingerprint density at radius 3 is 2.39 bits per heavy atom. The van der Waals surface area contributed by atoms with E-state index in [-0.39, 0.29) is 5.56 Å². The van der Waals surface area contributed by atoms with Crippen molar-refractivity contribution >= 4 is 28.2 Å². The van der Waals surface area contributed by atoms with Crippen LogP contribution in [-0.2, 0) is 17.7 Å². The van der Waals surface area contributed by atoms with Gasteiger partial charge >= 0.3 is 5.97 Å². The molecule has 1 amide bonds. The first kappa shape index (κ1) is 20.2. The first-order valence-electron chi connectivity index (χ1n) is 9.12. The number of anilines is 1. The highest BCUT2D eigenvalue weighted by Gasteiger charge is 2.31. The number of thiophene rings is 1. The predicted molar refractivity (Wildman–Crippen MR) is 107 cm³/mol. The van der Waals surface area contributed by atoms with Crippen molar-refractivity contribution < 1.29 is 28.7 Å². The number of carbonyl (C=O) groups excluding carboxylic acids is 2. The summed E-state index contributed by atoms with van der Waals surface area (Å²) in [5.74, 6) is -0.0173. The Bertz CT molecular complexity index is 871. The number of rotatable bonds is 6. The number of amides is 1. The molecule has 2 N–H and O–H groups in total. The molecule has 7 nitrogen and oxygen atoms in total. The topological polar surface area (TPSA) is 78.3 Å². The second-order valence-electron chi connectivity index (χ2n) is 6.47. The van der Waals surface area contributed by atoms with Crippen molar-refractivity contribution in [3.05, 3.63) is 39.8 Å². The van der Waals surface area contributed by atoms with Crippen molar-refractivity contribution in [2.75, 3.05) is 39.7 Å². The fraction of sp³-hybridized carbons (Fsp3) is 0.400. The van der Waals surface area contributed by atoms with Gasteiger partial charge in [-0.25, -0.2) is 4.79 Å². The number of carbonyl (C=O) groups is 2. The lowest BCUT2D eigenvalue weighted by Gasteiger charge is -2.22. The lowest BCUT2D eigenvalue weighted by Crippen LogP contribution is -3.11. The van der Waals surface area contributed by atoms with Crippen molar-refractivity contribution in [2.45, 2.75) is 19.9 Å². The van der Waals surface area contributed by atoms with E-state index in [4.69, 9.17) is 14.2 Å². The summed E-state index contributed by atoms with van der Waals surface area (Å²) in [6.07, 6.45) is 0.785. The molecule has 0 aliphatic carbocycles. The van der Waals surface area contributed by atoms with Crippen molar-refractivity contribution in [3.63, 3.8) is 0 Å². The van der Waals surface area contributed by atoms with E-state index in [1.54, 1.807) is 18.2 Å². The van der Waals surface area contributed by atoms with E-state index in [0.29, 0.717) is 22.1 Å². The van der Waals surface area contributed by atoms with Crippen LogP contribution in [0.2, 0.25) is 0 Å². The zero-order chi connectivity index (χ0) is 20.3. The molecule has 3 rings (SSSR count). The zero-order valence-electron chi connectivity index (χ0n) is 16.5. The van der Waals surface area contributed by atoms with Gasteiger partial charge < -0.3 is 24.4 Å². The fourth-order valence-electron chi connectivity index (χ4n) is 3.49. The van der Waals surface area contributed by atoms with Crippen LogP contribution < -0.4 is 19.7 Å². The minimum absolute atomic E-state index is 0.287. The maximum atomic E-state index is 13.0. The number of benzene rings is 1. The monoisotopic (exact) mass is 405 g/mol. The molecule has 1 atom stereocenters. The van der Waals surface area contributed by atoms with E-state index >= 15 is 0 Å². The molecule has 1 aliphatic heterocycles. The number of esters is 1. The molecule has 0 radical (unpaired) electrons. The number of likely N-dealkylation sites (N-methyl/N-ethyl adjacent to an activating group) is 1. The summed E-state index contributed by atoms with van der Waals surface area (Å²) in [4.78, 5) is 28.1. The van der Waals surface area contributed by atoms with E-state index in [0.717, 1.165) is 36.5 Å². The highest BCUT2D eigenvalue weighted by atomic mass is 32.1. The molecule has 8 heteroatoms. The van der Waals surface area contributed by atoms with Gasteiger partial charge in [-0.3, -0.25) is 4.79 Å². The van der Waals surface area contributed by atoms with Crippen molar-refractivity contribution in [1.82, 2.24) is 0 Å². The van der Waals surface area contributed by atoms with Crippen LogP contribution >= 0.6 is 11.3 Å². The van der Waals surface area contributed by atoms with Crippen LogP contribution in [0.25, 0.3) is 0 Å². The third-order valence-corrected chi connectivity index (χ3v) is 6.15. The highest BCUT2D eigenvalue weighted by molar-refractivity contribution is 7.17. The minimum atomic E-state index is -0.431. The summed E-state index contributed by atoms with van der Waals surface area (Å²) >= 11 is 1.44. The average Bonchev–Trinajstić information content (AvgIpc) is 3.08. The molecule has 0 bridgehead atoms. The van der Waals surface area contributed by atoms with Gasteiger partial charge in [-0.05, 0) is 24.6 Å². The largest absolute Gasteiger partial charge is 0.496 e. The Morgan fingerprint density at radius 2 is 1.82 bits per heavy atom. The summed E-state index contributed by atoms with van der Waals surface area (Å²) < 4.78 is 15.6. The van der Waals surface area contributed by atoms with Crippen LogP contribution in [0.5, 0.6) is 11.5 Å². The van der Waals surface area contributed by atoms with E-state index in [9.17, 15) is 9.59 Å². The number of methoxy groups -OCH3 is 3. The van der Waals surface area contributed by atoms with Crippen LogP contribution in [0, 0.1) is 0 Å².